The molecular formula is C18H26N2. The van der Waals surface area contributed by atoms with Gasteiger partial charge in [-0.3, -0.25) is 4.98 Å². The number of pyridine rings is 1. The van der Waals surface area contributed by atoms with Crippen LogP contribution in [0.2, 0.25) is 0 Å². The summed E-state index contributed by atoms with van der Waals surface area (Å²) < 4.78 is 0. The van der Waals surface area contributed by atoms with Crippen molar-refractivity contribution in [3.8, 4) is 0 Å². The van der Waals surface area contributed by atoms with Gasteiger partial charge in [-0.15, -0.1) is 0 Å². The first-order valence-corrected chi connectivity index (χ1v) is 7.64. The Kier molecular flexibility index (Phi) is 4.99. The van der Waals surface area contributed by atoms with E-state index in [2.05, 4.69) is 30.7 Å². The zero-order chi connectivity index (χ0) is 14.5. The first kappa shape index (κ1) is 14.8. The summed E-state index contributed by atoms with van der Waals surface area (Å²) in [6.07, 6.45) is 12.5. The van der Waals surface area contributed by atoms with E-state index < -0.39 is 0 Å². The van der Waals surface area contributed by atoms with Gasteiger partial charge in [0.2, 0.25) is 0 Å². The molecule has 0 spiro atoms. The normalized spacial score (nSPS) is 18.6. The molecule has 0 bridgehead atoms. The fourth-order valence-corrected chi connectivity index (χ4v) is 2.88. The van der Waals surface area contributed by atoms with Crippen molar-refractivity contribution in [2.75, 3.05) is 14.1 Å². The second kappa shape index (κ2) is 6.74. The van der Waals surface area contributed by atoms with E-state index >= 15 is 0 Å². The maximum atomic E-state index is 4.64. The molecule has 0 radical (unpaired) electrons. The van der Waals surface area contributed by atoms with Crippen LogP contribution in [0, 0.1) is 0 Å². The molecule has 0 saturated heterocycles. The first-order chi connectivity index (χ1) is 9.61. The molecule has 0 fully saturated rings. The summed E-state index contributed by atoms with van der Waals surface area (Å²) in [4.78, 5) is 6.66. The molecule has 1 aliphatic carbocycles. The topological polar surface area (TPSA) is 16.1 Å². The van der Waals surface area contributed by atoms with E-state index in [9.17, 15) is 0 Å². The highest BCUT2D eigenvalue weighted by Crippen LogP contribution is 2.33. The molecule has 2 nitrogen and oxygen atoms in total. The SMILES string of the molecule is C=C(/C=C/N(C)C)c1cc2c(cn1)C(CC)CCCC2. The van der Waals surface area contributed by atoms with Crippen molar-refractivity contribution in [3.05, 3.63) is 47.9 Å². The maximum Gasteiger partial charge on any atom is 0.0699 e. The van der Waals surface area contributed by atoms with E-state index in [4.69, 9.17) is 0 Å². The Hall–Kier alpha value is -1.57. The van der Waals surface area contributed by atoms with Gasteiger partial charge in [0.1, 0.15) is 0 Å². The summed E-state index contributed by atoms with van der Waals surface area (Å²) in [6, 6.07) is 2.26. The molecule has 0 N–H and O–H groups in total. The number of aryl methyl sites for hydroxylation is 1. The predicted molar refractivity (Wildman–Crippen MR) is 86.7 cm³/mol. The fraction of sp³-hybridized carbons (Fsp3) is 0.500. The molecule has 0 aliphatic heterocycles. The van der Waals surface area contributed by atoms with Crippen molar-refractivity contribution in [1.82, 2.24) is 9.88 Å². The Morgan fingerprint density at radius 3 is 2.95 bits per heavy atom. The minimum atomic E-state index is 0.694. The molecule has 1 heterocycles. The van der Waals surface area contributed by atoms with E-state index in [1.807, 2.05) is 31.3 Å². The lowest BCUT2D eigenvalue weighted by Crippen LogP contribution is -2.02. The van der Waals surface area contributed by atoms with E-state index in [1.165, 1.54) is 43.2 Å². The number of hydrogen-bond donors (Lipinski definition) is 0. The van der Waals surface area contributed by atoms with Crippen molar-refractivity contribution >= 4 is 5.57 Å². The molecule has 2 heteroatoms. The van der Waals surface area contributed by atoms with Crippen molar-refractivity contribution in [1.29, 1.82) is 0 Å². The van der Waals surface area contributed by atoms with Gasteiger partial charge >= 0.3 is 0 Å². The summed E-state index contributed by atoms with van der Waals surface area (Å²) in [5.74, 6) is 0.694. The molecule has 0 saturated carbocycles. The van der Waals surface area contributed by atoms with Gasteiger partial charge in [0.05, 0.1) is 5.69 Å². The minimum Gasteiger partial charge on any atom is -0.383 e. The van der Waals surface area contributed by atoms with Crippen LogP contribution in [0.1, 0.15) is 55.3 Å². The third kappa shape index (κ3) is 3.50. The van der Waals surface area contributed by atoms with Gasteiger partial charge < -0.3 is 4.90 Å². The second-order valence-electron chi connectivity index (χ2n) is 5.92. The van der Waals surface area contributed by atoms with Crippen LogP contribution in [-0.4, -0.2) is 24.0 Å². The molecular weight excluding hydrogens is 244 g/mol. The van der Waals surface area contributed by atoms with Gasteiger partial charge in [-0.2, -0.15) is 0 Å². The molecule has 1 unspecified atom stereocenters. The molecule has 20 heavy (non-hydrogen) atoms. The number of allylic oxidation sites excluding steroid dienone is 2. The number of fused-ring (bicyclic) bond motifs is 1. The number of nitrogens with zero attached hydrogens (tertiary/aromatic N) is 2. The van der Waals surface area contributed by atoms with E-state index in [0.29, 0.717) is 5.92 Å². The lowest BCUT2D eigenvalue weighted by atomic mass is 9.91. The Labute approximate surface area is 123 Å². The molecule has 1 atom stereocenters. The summed E-state index contributed by atoms with van der Waals surface area (Å²) >= 11 is 0. The van der Waals surface area contributed by atoms with Crippen LogP contribution < -0.4 is 0 Å². The van der Waals surface area contributed by atoms with Crippen LogP contribution in [0.4, 0.5) is 0 Å². The van der Waals surface area contributed by atoms with Crippen LogP contribution in [0.15, 0.2) is 31.1 Å². The maximum absolute atomic E-state index is 4.64. The molecule has 1 aliphatic rings. The average molecular weight is 270 g/mol. The second-order valence-corrected chi connectivity index (χ2v) is 5.92. The highest BCUT2D eigenvalue weighted by atomic mass is 15.0. The van der Waals surface area contributed by atoms with Crippen LogP contribution in [-0.2, 0) is 6.42 Å². The lowest BCUT2D eigenvalue weighted by Gasteiger charge is -2.16. The van der Waals surface area contributed by atoms with Crippen LogP contribution >= 0.6 is 0 Å². The Morgan fingerprint density at radius 2 is 2.25 bits per heavy atom. The molecule has 1 aromatic heterocycles. The van der Waals surface area contributed by atoms with Crippen LogP contribution in [0.25, 0.3) is 5.57 Å². The smallest absolute Gasteiger partial charge is 0.0699 e. The van der Waals surface area contributed by atoms with Gasteiger partial charge in [0.15, 0.2) is 0 Å². The summed E-state index contributed by atoms with van der Waals surface area (Å²) in [7, 11) is 4.03. The predicted octanol–water partition coefficient (Wildman–Crippen LogP) is 4.39. The van der Waals surface area contributed by atoms with Crippen LogP contribution in [0.3, 0.4) is 0 Å². The lowest BCUT2D eigenvalue weighted by molar-refractivity contribution is 0.564. The standard InChI is InChI=1S/C18H26N2/c1-5-15-8-6-7-9-16-12-18(19-13-17(15)16)14(2)10-11-20(3)4/h10-13,15H,2,5-9H2,1,3-4H3/b11-10+. The largest absolute Gasteiger partial charge is 0.383 e. The molecule has 0 amide bonds. The van der Waals surface area contributed by atoms with Gasteiger partial charge in [-0.05, 0) is 66.6 Å². The first-order valence-electron chi connectivity index (χ1n) is 7.64. The summed E-state index contributed by atoms with van der Waals surface area (Å²) in [5, 5.41) is 0. The van der Waals surface area contributed by atoms with E-state index in [0.717, 1.165) is 11.3 Å². The average Bonchev–Trinajstić information content (AvgIpc) is 2.65. The zero-order valence-electron chi connectivity index (χ0n) is 13.0. The zero-order valence-corrected chi connectivity index (χ0v) is 13.0. The Morgan fingerprint density at radius 1 is 1.45 bits per heavy atom. The quantitative estimate of drug-likeness (QED) is 0.596. The highest BCUT2D eigenvalue weighted by Gasteiger charge is 2.18. The van der Waals surface area contributed by atoms with Gasteiger partial charge in [-0.25, -0.2) is 0 Å². The third-order valence-corrected chi connectivity index (χ3v) is 4.11. The molecule has 0 aromatic carbocycles. The Balaban J connectivity index is 2.26. The monoisotopic (exact) mass is 270 g/mol. The number of aromatic nitrogens is 1. The van der Waals surface area contributed by atoms with Crippen molar-refractivity contribution in [2.24, 2.45) is 0 Å². The minimum absolute atomic E-state index is 0.694. The summed E-state index contributed by atoms with van der Waals surface area (Å²) in [6.45, 7) is 6.42. The molecule has 2 rings (SSSR count). The van der Waals surface area contributed by atoms with Crippen LogP contribution in [0.5, 0.6) is 0 Å². The van der Waals surface area contributed by atoms with Gasteiger partial charge in [0, 0.05) is 20.3 Å². The molecule has 1 aromatic rings. The Bertz CT molecular complexity index is 500. The molecule has 108 valence electrons. The fourth-order valence-electron chi connectivity index (χ4n) is 2.88. The van der Waals surface area contributed by atoms with E-state index in [1.54, 1.807) is 0 Å². The highest BCUT2D eigenvalue weighted by molar-refractivity contribution is 5.69. The third-order valence-electron chi connectivity index (χ3n) is 4.11. The van der Waals surface area contributed by atoms with Crippen molar-refractivity contribution < 1.29 is 0 Å². The van der Waals surface area contributed by atoms with Gasteiger partial charge in [0.25, 0.3) is 0 Å². The van der Waals surface area contributed by atoms with E-state index in [-0.39, 0.29) is 0 Å². The van der Waals surface area contributed by atoms with Crippen molar-refractivity contribution in [2.45, 2.75) is 44.9 Å². The van der Waals surface area contributed by atoms with Gasteiger partial charge in [-0.1, -0.05) is 19.9 Å². The summed E-state index contributed by atoms with van der Waals surface area (Å²) in [5.41, 5.74) is 4.95. The van der Waals surface area contributed by atoms with Crippen molar-refractivity contribution in [3.63, 3.8) is 0 Å². The number of hydrogen-bond acceptors (Lipinski definition) is 2. The number of rotatable bonds is 4.